The van der Waals surface area contributed by atoms with E-state index in [0.29, 0.717) is 24.2 Å². The van der Waals surface area contributed by atoms with Gasteiger partial charge in [0.15, 0.2) is 0 Å². The highest BCUT2D eigenvalue weighted by molar-refractivity contribution is 6.31. The first kappa shape index (κ1) is 13.5. The molecule has 0 bridgehead atoms. The van der Waals surface area contributed by atoms with Gasteiger partial charge in [-0.25, -0.2) is 9.97 Å². The van der Waals surface area contributed by atoms with Crippen molar-refractivity contribution in [2.75, 3.05) is 11.9 Å². The summed E-state index contributed by atoms with van der Waals surface area (Å²) < 4.78 is 0. The Kier molecular flexibility index (Phi) is 3.47. The molecule has 0 aliphatic heterocycles. The van der Waals surface area contributed by atoms with E-state index in [1.165, 1.54) is 12.7 Å². The van der Waals surface area contributed by atoms with E-state index in [-0.39, 0.29) is 29.3 Å². The van der Waals surface area contributed by atoms with Crippen LogP contribution < -0.4 is 5.32 Å². The van der Waals surface area contributed by atoms with Gasteiger partial charge in [-0.1, -0.05) is 11.6 Å². The van der Waals surface area contributed by atoms with E-state index < -0.39 is 4.92 Å². The van der Waals surface area contributed by atoms with Crippen LogP contribution in [0.15, 0.2) is 6.33 Å². The summed E-state index contributed by atoms with van der Waals surface area (Å²) in [5.41, 5.74) is -0.280. The molecule has 2 N–H and O–H groups in total. The van der Waals surface area contributed by atoms with Crippen LogP contribution in [0.4, 0.5) is 11.5 Å². The van der Waals surface area contributed by atoms with E-state index in [0.717, 1.165) is 6.42 Å². The second-order valence-corrected chi connectivity index (χ2v) is 5.80. The summed E-state index contributed by atoms with van der Waals surface area (Å²) in [4.78, 5) is 18.1. The Labute approximate surface area is 120 Å². The topological polar surface area (TPSA) is 101 Å². The third-order valence-corrected chi connectivity index (χ3v) is 4.62. The van der Waals surface area contributed by atoms with E-state index in [2.05, 4.69) is 15.3 Å². The molecule has 0 unspecified atom stereocenters. The molecule has 0 saturated heterocycles. The largest absolute Gasteiger partial charge is 0.396 e. The summed E-state index contributed by atoms with van der Waals surface area (Å²) in [7, 11) is 0. The van der Waals surface area contributed by atoms with Gasteiger partial charge in [-0.2, -0.15) is 0 Å². The minimum absolute atomic E-state index is 0.107. The van der Waals surface area contributed by atoms with Crippen LogP contribution in [-0.2, 0) is 0 Å². The van der Waals surface area contributed by atoms with Crippen molar-refractivity contribution in [3.8, 4) is 0 Å². The van der Waals surface area contributed by atoms with Gasteiger partial charge < -0.3 is 10.4 Å². The van der Waals surface area contributed by atoms with Crippen LogP contribution in [0.3, 0.4) is 0 Å². The van der Waals surface area contributed by atoms with Gasteiger partial charge in [-0.05, 0) is 37.0 Å². The number of fused-ring (bicyclic) bond motifs is 1. The lowest BCUT2D eigenvalue weighted by molar-refractivity contribution is -0.384. The van der Waals surface area contributed by atoms with Crippen LogP contribution in [0.5, 0.6) is 0 Å². The molecule has 4 atom stereocenters. The normalized spacial score (nSPS) is 30.9. The third-order valence-electron chi connectivity index (χ3n) is 4.35. The maximum absolute atomic E-state index is 11.1. The molecule has 0 spiro atoms. The zero-order chi connectivity index (χ0) is 14.3. The van der Waals surface area contributed by atoms with Crippen molar-refractivity contribution in [1.82, 2.24) is 9.97 Å². The molecule has 7 nitrogen and oxygen atoms in total. The number of halogens is 1. The first-order chi connectivity index (χ1) is 9.61. The monoisotopic (exact) mass is 298 g/mol. The second-order valence-electron chi connectivity index (χ2n) is 5.44. The van der Waals surface area contributed by atoms with Crippen molar-refractivity contribution in [3.63, 3.8) is 0 Å². The van der Waals surface area contributed by atoms with E-state index in [1.54, 1.807) is 0 Å². The summed E-state index contributed by atoms with van der Waals surface area (Å²) in [6.45, 7) is 0.138. The van der Waals surface area contributed by atoms with Crippen LogP contribution in [0.25, 0.3) is 0 Å². The SMILES string of the molecule is O=[N+]([O-])c1c(Cl)ncnc1N[C@H]1C[C@@H]2C[C@@H]2[C@@H]1CCO. The smallest absolute Gasteiger partial charge is 0.348 e. The molecular weight excluding hydrogens is 284 g/mol. The summed E-state index contributed by atoms with van der Waals surface area (Å²) >= 11 is 5.77. The fourth-order valence-electron chi connectivity index (χ4n) is 3.40. The van der Waals surface area contributed by atoms with Crippen LogP contribution in [-0.4, -0.2) is 32.6 Å². The molecule has 108 valence electrons. The standard InChI is InChI=1S/C12H15ClN4O3/c13-11-10(17(19)20)12(15-5-14-11)16-9-4-6-3-8(6)7(9)1-2-18/h5-9,18H,1-4H2,(H,14,15,16)/t6-,7-,8-,9-/m0/s1. The van der Waals surface area contributed by atoms with Crippen molar-refractivity contribution in [1.29, 1.82) is 0 Å². The maximum atomic E-state index is 11.1. The third kappa shape index (κ3) is 2.31. The predicted octanol–water partition coefficient (Wildman–Crippen LogP) is 1.86. The van der Waals surface area contributed by atoms with E-state index in [4.69, 9.17) is 16.7 Å². The summed E-state index contributed by atoms with van der Waals surface area (Å²) in [5, 5.41) is 23.2. The lowest BCUT2D eigenvalue weighted by Crippen LogP contribution is -2.28. The molecule has 3 rings (SSSR count). The summed E-state index contributed by atoms with van der Waals surface area (Å²) in [6.07, 6.45) is 4.10. The molecule has 0 radical (unpaired) electrons. The van der Waals surface area contributed by atoms with Gasteiger partial charge in [0, 0.05) is 12.6 Å². The average Bonchev–Trinajstić information content (AvgIpc) is 3.07. The number of aliphatic hydroxyl groups is 1. The van der Waals surface area contributed by atoms with Crippen molar-refractivity contribution < 1.29 is 10.0 Å². The van der Waals surface area contributed by atoms with Gasteiger partial charge in [0.25, 0.3) is 0 Å². The maximum Gasteiger partial charge on any atom is 0.348 e. The molecular formula is C12H15ClN4O3. The molecule has 2 aliphatic carbocycles. The number of rotatable bonds is 5. The number of nitro groups is 1. The van der Waals surface area contributed by atoms with Gasteiger partial charge in [0.05, 0.1) is 4.92 Å². The number of aliphatic hydroxyl groups excluding tert-OH is 1. The van der Waals surface area contributed by atoms with E-state index in [9.17, 15) is 10.1 Å². The van der Waals surface area contributed by atoms with Crippen molar-refractivity contribution in [2.24, 2.45) is 17.8 Å². The Morgan fingerprint density at radius 3 is 3.00 bits per heavy atom. The Balaban J connectivity index is 1.81. The number of hydrogen-bond donors (Lipinski definition) is 2. The Morgan fingerprint density at radius 2 is 2.30 bits per heavy atom. The average molecular weight is 299 g/mol. The number of nitrogens with zero attached hydrogens (tertiary/aromatic N) is 3. The molecule has 8 heteroatoms. The quantitative estimate of drug-likeness (QED) is 0.489. The Hall–Kier alpha value is -1.47. The van der Waals surface area contributed by atoms with Crippen LogP contribution in [0, 0.1) is 27.9 Å². The van der Waals surface area contributed by atoms with Gasteiger partial charge in [0.2, 0.25) is 11.0 Å². The molecule has 2 fully saturated rings. The second kappa shape index (κ2) is 5.14. The number of aromatic nitrogens is 2. The fourth-order valence-corrected chi connectivity index (χ4v) is 3.60. The molecule has 20 heavy (non-hydrogen) atoms. The lowest BCUT2D eigenvalue weighted by atomic mass is 9.95. The Morgan fingerprint density at radius 1 is 1.50 bits per heavy atom. The van der Waals surface area contributed by atoms with Gasteiger partial charge in [-0.15, -0.1) is 0 Å². The number of nitrogens with one attached hydrogen (secondary N) is 1. The zero-order valence-corrected chi connectivity index (χ0v) is 11.5. The number of anilines is 1. The summed E-state index contributed by atoms with van der Waals surface area (Å²) in [6, 6.07) is 0.107. The van der Waals surface area contributed by atoms with Crippen molar-refractivity contribution >= 4 is 23.1 Å². The molecule has 0 aromatic carbocycles. The lowest BCUT2D eigenvalue weighted by Gasteiger charge is -2.23. The van der Waals surface area contributed by atoms with E-state index in [1.807, 2.05) is 0 Å². The minimum atomic E-state index is -0.568. The zero-order valence-electron chi connectivity index (χ0n) is 10.7. The molecule has 1 aromatic rings. The fraction of sp³-hybridized carbons (Fsp3) is 0.667. The predicted molar refractivity (Wildman–Crippen MR) is 72.5 cm³/mol. The minimum Gasteiger partial charge on any atom is -0.396 e. The van der Waals surface area contributed by atoms with Crippen molar-refractivity contribution in [2.45, 2.75) is 25.3 Å². The molecule has 0 amide bonds. The van der Waals surface area contributed by atoms with Crippen molar-refractivity contribution in [3.05, 3.63) is 21.6 Å². The molecule has 1 heterocycles. The van der Waals surface area contributed by atoms with Gasteiger partial charge in [0.1, 0.15) is 6.33 Å². The highest BCUT2D eigenvalue weighted by atomic mass is 35.5. The highest BCUT2D eigenvalue weighted by Gasteiger charge is 2.53. The van der Waals surface area contributed by atoms with E-state index >= 15 is 0 Å². The molecule has 2 aliphatic rings. The van der Waals surface area contributed by atoms with Crippen LogP contribution in [0.2, 0.25) is 5.15 Å². The summed E-state index contributed by atoms with van der Waals surface area (Å²) in [5.74, 6) is 1.83. The van der Waals surface area contributed by atoms with Crippen LogP contribution >= 0.6 is 11.6 Å². The van der Waals surface area contributed by atoms with Gasteiger partial charge in [-0.3, -0.25) is 10.1 Å². The molecule has 1 aromatic heterocycles. The van der Waals surface area contributed by atoms with Crippen LogP contribution in [0.1, 0.15) is 19.3 Å². The Bertz CT molecular complexity index is 541. The van der Waals surface area contributed by atoms with Gasteiger partial charge >= 0.3 is 5.69 Å². The highest BCUT2D eigenvalue weighted by Crippen LogP contribution is 2.57. The first-order valence-corrected chi connectivity index (χ1v) is 7.02. The number of hydrogen-bond acceptors (Lipinski definition) is 6. The first-order valence-electron chi connectivity index (χ1n) is 6.64. The molecule has 2 saturated carbocycles.